The van der Waals surface area contributed by atoms with Crippen LogP contribution in [0.4, 0.5) is 4.79 Å². The molecule has 8 atom stereocenters. The number of carbonyl (C=O) groups is 2. The molecule has 1 aromatic carbocycles. The average molecular weight is 688 g/mol. The third kappa shape index (κ3) is 5.60. The Bertz CT molecular complexity index is 1590. The van der Waals surface area contributed by atoms with Gasteiger partial charge >= 0.3 is 12.1 Å². The number of ether oxygens (including phenoxy) is 2. The standard InChI is InChI=1S/C43H58NO4.ClH/c1-38(2)22-24-43(36(45)47-29-30-14-10-8-11-15-30)25-23-41(6)31(32(43)28-38)16-17-34-40(5)20-19-35(48-37(46)44-26-12-9-13-27-44)39(3,4)33(40)18-21-42(34,41)7;/h8-16,26-27,32-35H,17-25,28-29H2,1-7H3;1H/q+1;/p-1/t32-,33-,34+,35-,40-,41+,42+,43-;/m0./s1. The van der Waals surface area contributed by atoms with Crippen LogP contribution in [0.1, 0.15) is 118 Å². The second-order valence-corrected chi connectivity index (χ2v) is 18.4. The number of aromatic nitrogens is 1. The first-order valence-electron chi connectivity index (χ1n) is 18.8. The molecular weight excluding hydrogens is 630 g/mol. The first kappa shape index (κ1) is 36.1. The zero-order valence-electron chi connectivity index (χ0n) is 30.9. The topological polar surface area (TPSA) is 56.5 Å². The van der Waals surface area contributed by atoms with Crippen LogP contribution in [0.25, 0.3) is 0 Å². The number of hydrogen-bond donors (Lipinski definition) is 0. The zero-order valence-corrected chi connectivity index (χ0v) is 31.7. The lowest BCUT2D eigenvalue weighted by atomic mass is 9.33. The molecule has 4 saturated carbocycles. The SMILES string of the molecule is CC1(C)CC[C@]2(C(=O)OCc3ccccc3)CC[C@]3(C)C(=CC[C@@H]4[C@@]5(C)CC[C@H](OC(=O)[n+]6ccccc6)C(C)(C)[C@@H]5CC[C@]43C)[C@@H]2C1.[Cl-]. The summed E-state index contributed by atoms with van der Waals surface area (Å²) in [5.74, 6) is 1.28. The largest absolute Gasteiger partial charge is 1.00 e. The van der Waals surface area contributed by atoms with Gasteiger partial charge in [-0.25, -0.2) is 0 Å². The minimum absolute atomic E-state index is 0. The molecule has 49 heavy (non-hydrogen) atoms. The van der Waals surface area contributed by atoms with E-state index in [-0.39, 0.29) is 63.6 Å². The number of esters is 1. The fourth-order valence-electron chi connectivity index (χ4n) is 12.4. The number of carbonyl (C=O) groups excluding carboxylic acids is 2. The average Bonchev–Trinajstić information content (AvgIpc) is 3.06. The summed E-state index contributed by atoms with van der Waals surface area (Å²) >= 11 is 0. The second-order valence-electron chi connectivity index (χ2n) is 18.4. The van der Waals surface area contributed by atoms with Crippen LogP contribution >= 0.6 is 0 Å². The van der Waals surface area contributed by atoms with Gasteiger partial charge in [-0.15, -0.1) is 0 Å². The predicted octanol–water partition coefficient (Wildman–Crippen LogP) is 6.88. The Morgan fingerprint density at radius 1 is 0.796 bits per heavy atom. The molecule has 266 valence electrons. The van der Waals surface area contributed by atoms with Gasteiger partial charge in [-0.2, -0.15) is 4.79 Å². The Balaban J connectivity index is 0.00000417. The van der Waals surface area contributed by atoms with Gasteiger partial charge in [0, 0.05) is 17.5 Å². The maximum absolute atomic E-state index is 14.3. The summed E-state index contributed by atoms with van der Waals surface area (Å²) in [6.45, 7) is 17.6. The number of benzene rings is 1. The van der Waals surface area contributed by atoms with E-state index in [1.54, 1.807) is 22.5 Å². The van der Waals surface area contributed by atoms with Crippen LogP contribution in [-0.2, 0) is 20.9 Å². The van der Waals surface area contributed by atoms with Crippen molar-refractivity contribution in [1.82, 2.24) is 0 Å². The Hall–Kier alpha value is -2.66. The van der Waals surface area contributed by atoms with E-state index >= 15 is 0 Å². The van der Waals surface area contributed by atoms with E-state index in [0.717, 1.165) is 63.4 Å². The molecule has 2 aromatic rings. The highest BCUT2D eigenvalue weighted by atomic mass is 35.5. The van der Waals surface area contributed by atoms with E-state index in [9.17, 15) is 9.59 Å². The molecule has 1 heterocycles. The van der Waals surface area contributed by atoms with Gasteiger partial charge in [0.1, 0.15) is 12.7 Å². The van der Waals surface area contributed by atoms with Gasteiger partial charge in [0.25, 0.3) is 0 Å². The molecule has 0 radical (unpaired) electrons. The van der Waals surface area contributed by atoms with Crippen molar-refractivity contribution in [2.45, 2.75) is 125 Å². The Morgan fingerprint density at radius 2 is 1.47 bits per heavy atom. The molecule has 7 rings (SSSR count). The lowest BCUT2D eigenvalue weighted by Crippen LogP contribution is -3.00. The van der Waals surface area contributed by atoms with Gasteiger partial charge in [-0.05, 0) is 109 Å². The van der Waals surface area contributed by atoms with Crippen molar-refractivity contribution >= 4 is 12.1 Å². The van der Waals surface area contributed by atoms with Crippen molar-refractivity contribution in [3.8, 4) is 0 Å². The molecule has 4 fully saturated rings. The minimum atomic E-state index is -0.430. The highest BCUT2D eigenvalue weighted by Gasteiger charge is 2.69. The van der Waals surface area contributed by atoms with E-state index in [1.165, 1.54) is 6.42 Å². The normalized spacial score (nSPS) is 38.6. The van der Waals surface area contributed by atoms with Crippen molar-refractivity contribution < 1.29 is 36.0 Å². The van der Waals surface area contributed by atoms with E-state index in [2.05, 4.69) is 54.5 Å². The van der Waals surface area contributed by atoms with Crippen LogP contribution in [0, 0.1) is 50.2 Å². The van der Waals surface area contributed by atoms with Gasteiger partial charge in [0.2, 0.25) is 0 Å². The Morgan fingerprint density at radius 3 is 2.18 bits per heavy atom. The predicted molar refractivity (Wildman–Crippen MR) is 188 cm³/mol. The molecule has 5 aliphatic carbocycles. The van der Waals surface area contributed by atoms with Crippen LogP contribution in [0.15, 0.2) is 72.6 Å². The minimum Gasteiger partial charge on any atom is -1.00 e. The van der Waals surface area contributed by atoms with E-state index in [4.69, 9.17) is 9.47 Å². The molecule has 1 aromatic heterocycles. The fourth-order valence-corrected chi connectivity index (χ4v) is 12.4. The molecule has 0 saturated heterocycles. The zero-order chi connectivity index (χ0) is 34.2. The molecule has 0 unspecified atom stereocenters. The first-order chi connectivity index (χ1) is 22.7. The van der Waals surface area contributed by atoms with Crippen LogP contribution in [0.2, 0.25) is 0 Å². The summed E-state index contributed by atoms with van der Waals surface area (Å²) in [7, 11) is 0. The fraction of sp³-hybridized carbons (Fsp3) is 0.651. The lowest BCUT2D eigenvalue weighted by Gasteiger charge is -2.71. The van der Waals surface area contributed by atoms with Gasteiger partial charge in [-0.3, -0.25) is 4.79 Å². The lowest BCUT2D eigenvalue weighted by molar-refractivity contribution is -0.588. The highest BCUT2D eigenvalue weighted by Crippen LogP contribution is 2.76. The number of allylic oxidation sites excluding steroid dienone is 2. The molecule has 0 amide bonds. The van der Waals surface area contributed by atoms with E-state index < -0.39 is 5.41 Å². The van der Waals surface area contributed by atoms with Crippen LogP contribution in [0.3, 0.4) is 0 Å². The van der Waals surface area contributed by atoms with Crippen molar-refractivity contribution in [3.63, 3.8) is 0 Å². The smallest absolute Gasteiger partial charge is 0.602 e. The third-order valence-corrected chi connectivity index (χ3v) is 15.4. The molecule has 0 N–H and O–H groups in total. The van der Waals surface area contributed by atoms with Crippen molar-refractivity contribution in [3.05, 3.63) is 78.1 Å². The summed E-state index contributed by atoms with van der Waals surface area (Å²) in [6.07, 6.45) is 16.1. The van der Waals surface area contributed by atoms with Gasteiger partial charge in [-0.1, -0.05) is 101 Å². The number of nitrogens with zero attached hydrogens (tertiary/aromatic N) is 1. The maximum atomic E-state index is 14.3. The first-order valence-corrected chi connectivity index (χ1v) is 18.8. The molecule has 6 heteroatoms. The number of fused-ring (bicyclic) bond motifs is 7. The summed E-state index contributed by atoms with van der Waals surface area (Å²) in [5.41, 5.74) is 2.61. The van der Waals surface area contributed by atoms with Crippen LogP contribution < -0.4 is 17.0 Å². The van der Waals surface area contributed by atoms with Crippen molar-refractivity contribution in [2.75, 3.05) is 0 Å². The highest BCUT2D eigenvalue weighted by molar-refractivity contribution is 5.79. The van der Waals surface area contributed by atoms with E-state index in [1.807, 2.05) is 48.5 Å². The van der Waals surface area contributed by atoms with E-state index in [0.29, 0.717) is 18.4 Å². The number of halogens is 1. The van der Waals surface area contributed by atoms with Gasteiger partial charge in [0.05, 0.1) is 5.41 Å². The van der Waals surface area contributed by atoms with Gasteiger partial charge in [0.15, 0.2) is 12.4 Å². The summed E-state index contributed by atoms with van der Waals surface area (Å²) in [4.78, 5) is 27.5. The number of hydrogen-bond acceptors (Lipinski definition) is 4. The van der Waals surface area contributed by atoms with Crippen molar-refractivity contribution in [2.24, 2.45) is 50.2 Å². The number of pyridine rings is 1. The number of rotatable bonds is 4. The molecule has 0 bridgehead atoms. The van der Waals surface area contributed by atoms with Crippen LogP contribution in [-0.4, -0.2) is 18.2 Å². The quantitative estimate of drug-likeness (QED) is 0.200. The second kappa shape index (κ2) is 12.5. The molecule has 5 nitrogen and oxygen atoms in total. The third-order valence-electron chi connectivity index (χ3n) is 15.4. The molecule has 0 spiro atoms. The van der Waals surface area contributed by atoms with Crippen molar-refractivity contribution in [1.29, 1.82) is 0 Å². The Kier molecular flexibility index (Phi) is 9.24. The van der Waals surface area contributed by atoms with Crippen LogP contribution in [0.5, 0.6) is 0 Å². The molecule has 5 aliphatic rings. The summed E-state index contributed by atoms with van der Waals surface area (Å²) < 4.78 is 14.1. The Labute approximate surface area is 301 Å². The summed E-state index contributed by atoms with van der Waals surface area (Å²) in [5, 5.41) is 0. The monoisotopic (exact) mass is 687 g/mol. The van der Waals surface area contributed by atoms with Gasteiger partial charge < -0.3 is 21.9 Å². The maximum Gasteiger partial charge on any atom is 0.602 e. The molecule has 0 aliphatic heterocycles. The summed E-state index contributed by atoms with van der Waals surface area (Å²) in [6, 6.07) is 15.8. The molecular formula is C43H58ClNO4.